The lowest BCUT2D eigenvalue weighted by atomic mass is 10.1. The standard InChI is InChI=1S/C10H19N3O2/c1-8(2)15-6-5-13-7-9(11-12-13)10(3,4)14/h7-8,14H,5-6H2,1-4H3. The minimum atomic E-state index is -0.933. The van der Waals surface area contributed by atoms with Crippen LogP contribution in [-0.4, -0.2) is 32.8 Å². The Kier molecular flexibility index (Phi) is 3.82. The molecule has 0 amide bonds. The number of hydrogen-bond acceptors (Lipinski definition) is 4. The molecule has 5 heteroatoms. The van der Waals surface area contributed by atoms with Crippen molar-refractivity contribution in [2.45, 2.75) is 45.9 Å². The lowest BCUT2D eigenvalue weighted by Gasteiger charge is -2.11. The summed E-state index contributed by atoms with van der Waals surface area (Å²) >= 11 is 0. The van der Waals surface area contributed by atoms with Gasteiger partial charge in [0.25, 0.3) is 0 Å². The van der Waals surface area contributed by atoms with Crippen molar-refractivity contribution in [2.24, 2.45) is 0 Å². The molecule has 0 radical (unpaired) electrons. The molecular formula is C10H19N3O2. The van der Waals surface area contributed by atoms with Gasteiger partial charge >= 0.3 is 0 Å². The Balaban J connectivity index is 2.47. The highest BCUT2D eigenvalue weighted by Gasteiger charge is 2.19. The van der Waals surface area contributed by atoms with E-state index < -0.39 is 5.60 Å². The maximum Gasteiger partial charge on any atom is 0.114 e. The molecule has 1 N–H and O–H groups in total. The van der Waals surface area contributed by atoms with E-state index >= 15 is 0 Å². The van der Waals surface area contributed by atoms with Crippen LogP contribution in [0.15, 0.2) is 6.20 Å². The van der Waals surface area contributed by atoms with Gasteiger partial charge in [-0.1, -0.05) is 5.21 Å². The number of aromatic nitrogens is 3. The minimum Gasteiger partial charge on any atom is -0.384 e. The van der Waals surface area contributed by atoms with Crippen molar-refractivity contribution in [3.8, 4) is 0 Å². The number of nitrogens with zero attached hydrogens (tertiary/aromatic N) is 3. The molecular weight excluding hydrogens is 194 g/mol. The third-order valence-electron chi connectivity index (χ3n) is 1.94. The molecule has 1 heterocycles. The summed E-state index contributed by atoms with van der Waals surface area (Å²) < 4.78 is 7.07. The molecule has 0 saturated carbocycles. The Hall–Kier alpha value is -0.940. The van der Waals surface area contributed by atoms with E-state index in [-0.39, 0.29) is 6.10 Å². The van der Waals surface area contributed by atoms with Crippen LogP contribution in [0.3, 0.4) is 0 Å². The van der Waals surface area contributed by atoms with Crippen molar-refractivity contribution in [3.63, 3.8) is 0 Å². The number of hydrogen-bond donors (Lipinski definition) is 1. The van der Waals surface area contributed by atoms with E-state index in [4.69, 9.17) is 4.74 Å². The predicted octanol–water partition coefficient (Wildman–Crippen LogP) is 0.930. The molecule has 0 aliphatic heterocycles. The van der Waals surface area contributed by atoms with Gasteiger partial charge in [0.1, 0.15) is 11.3 Å². The first kappa shape index (κ1) is 12.1. The van der Waals surface area contributed by atoms with Crippen LogP contribution in [0.25, 0.3) is 0 Å². The van der Waals surface area contributed by atoms with Gasteiger partial charge in [0.15, 0.2) is 0 Å². The fourth-order valence-corrected chi connectivity index (χ4v) is 1.07. The van der Waals surface area contributed by atoms with E-state index in [1.807, 2.05) is 13.8 Å². The van der Waals surface area contributed by atoms with Gasteiger partial charge in [-0.05, 0) is 27.7 Å². The summed E-state index contributed by atoms with van der Waals surface area (Å²) in [6, 6.07) is 0. The molecule has 0 spiro atoms. The van der Waals surface area contributed by atoms with Crippen molar-refractivity contribution in [1.82, 2.24) is 15.0 Å². The molecule has 0 aromatic carbocycles. The van der Waals surface area contributed by atoms with Crippen molar-refractivity contribution in [1.29, 1.82) is 0 Å². The predicted molar refractivity (Wildman–Crippen MR) is 56.4 cm³/mol. The van der Waals surface area contributed by atoms with Crippen LogP contribution in [0.5, 0.6) is 0 Å². The number of aliphatic hydroxyl groups is 1. The SMILES string of the molecule is CC(C)OCCn1cc(C(C)(C)O)nn1. The van der Waals surface area contributed by atoms with Gasteiger partial charge in [-0.15, -0.1) is 5.10 Å². The third-order valence-corrected chi connectivity index (χ3v) is 1.94. The zero-order chi connectivity index (χ0) is 11.5. The van der Waals surface area contributed by atoms with Crippen molar-refractivity contribution in [2.75, 3.05) is 6.61 Å². The van der Waals surface area contributed by atoms with Crippen LogP contribution in [-0.2, 0) is 16.9 Å². The number of ether oxygens (including phenoxy) is 1. The van der Waals surface area contributed by atoms with Gasteiger partial charge in [-0.25, -0.2) is 4.68 Å². The maximum atomic E-state index is 9.67. The Labute approximate surface area is 90.1 Å². The largest absolute Gasteiger partial charge is 0.384 e. The highest BCUT2D eigenvalue weighted by molar-refractivity contribution is 5.02. The molecule has 5 nitrogen and oxygen atoms in total. The van der Waals surface area contributed by atoms with Gasteiger partial charge in [-0.2, -0.15) is 0 Å². The van der Waals surface area contributed by atoms with Crippen LogP contribution in [0, 0.1) is 0 Å². The maximum absolute atomic E-state index is 9.67. The molecule has 0 aliphatic rings. The van der Waals surface area contributed by atoms with E-state index in [0.717, 1.165) is 0 Å². The van der Waals surface area contributed by atoms with Crippen LogP contribution in [0.2, 0.25) is 0 Å². The zero-order valence-electron chi connectivity index (χ0n) is 9.77. The van der Waals surface area contributed by atoms with Crippen LogP contribution in [0.1, 0.15) is 33.4 Å². The summed E-state index contributed by atoms with van der Waals surface area (Å²) in [4.78, 5) is 0. The smallest absolute Gasteiger partial charge is 0.114 e. The molecule has 1 aromatic rings. The summed E-state index contributed by atoms with van der Waals surface area (Å²) in [6.45, 7) is 8.61. The lowest BCUT2D eigenvalue weighted by molar-refractivity contribution is 0.0697. The molecule has 0 unspecified atom stereocenters. The average molecular weight is 213 g/mol. The summed E-state index contributed by atoms with van der Waals surface area (Å²) in [7, 11) is 0. The van der Waals surface area contributed by atoms with Crippen LogP contribution < -0.4 is 0 Å². The van der Waals surface area contributed by atoms with Crippen molar-refractivity contribution < 1.29 is 9.84 Å². The molecule has 86 valence electrons. The molecule has 0 saturated heterocycles. The second-order valence-electron chi connectivity index (χ2n) is 4.35. The average Bonchev–Trinajstić information content (AvgIpc) is 2.51. The van der Waals surface area contributed by atoms with Crippen LogP contribution in [0.4, 0.5) is 0 Å². The first-order valence-corrected chi connectivity index (χ1v) is 5.14. The Morgan fingerprint density at radius 2 is 2.20 bits per heavy atom. The fourth-order valence-electron chi connectivity index (χ4n) is 1.07. The van der Waals surface area contributed by atoms with E-state index in [2.05, 4.69) is 10.3 Å². The Morgan fingerprint density at radius 3 is 2.67 bits per heavy atom. The quantitative estimate of drug-likeness (QED) is 0.790. The summed E-state index contributed by atoms with van der Waals surface area (Å²) in [5.74, 6) is 0. The normalized spacial score (nSPS) is 12.4. The van der Waals surface area contributed by atoms with Gasteiger partial charge in [0, 0.05) is 0 Å². The second kappa shape index (κ2) is 4.72. The minimum absolute atomic E-state index is 0.224. The lowest BCUT2D eigenvalue weighted by Crippen LogP contribution is -2.16. The first-order chi connectivity index (χ1) is 6.89. The van der Waals surface area contributed by atoms with Gasteiger partial charge < -0.3 is 9.84 Å². The first-order valence-electron chi connectivity index (χ1n) is 5.14. The molecule has 0 atom stereocenters. The molecule has 1 rings (SSSR count). The zero-order valence-corrected chi connectivity index (χ0v) is 9.77. The molecule has 0 fully saturated rings. The Bertz CT molecular complexity index is 302. The van der Waals surface area contributed by atoms with Gasteiger partial charge in [-0.3, -0.25) is 0 Å². The van der Waals surface area contributed by atoms with Crippen molar-refractivity contribution in [3.05, 3.63) is 11.9 Å². The third kappa shape index (κ3) is 3.97. The van der Waals surface area contributed by atoms with Crippen LogP contribution >= 0.6 is 0 Å². The van der Waals surface area contributed by atoms with Gasteiger partial charge in [0.2, 0.25) is 0 Å². The summed E-state index contributed by atoms with van der Waals surface area (Å²) in [6.07, 6.45) is 1.96. The Morgan fingerprint density at radius 1 is 1.53 bits per heavy atom. The summed E-state index contributed by atoms with van der Waals surface area (Å²) in [5.41, 5.74) is -0.357. The van der Waals surface area contributed by atoms with E-state index in [9.17, 15) is 5.11 Å². The van der Waals surface area contributed by atoms with Crippen molar-refractivity contribution >= 4 is 0 Å². The number of rotatable bonds is 5. The highest BCUT2D eigenvalue weighted by Crippen LogP contribution is 2.15. The summed E-state index contributed by atoms with van der Waals surface area (Å²) in [5, 5.41) is 17.5. The van der Waals surface area contributed by atoms with E-state index in [0.29, 0.717) is 18.8 Å². The topological polar surface area (TPSA) is 60.2 Å². The monoisotopic (exact) mass is 213 g/mol. The molecule has 0 bridgehead atoms. The fraction of sp³-hybridized carbons (Fsp3) is 0.800. The highest BCUT2D eigenvalue weighted by atomic mass is 16.5. The molecule has 1 aromatic heterocycles. The van der Waals surface area contributed by atoms with Gasteiger partial charge in [0.05, 0.1) is 25.5 Å². The second-order valence-corrected chi connectivity index (χ2v) is 4.35. The van der Waals surface area contributed by atoms with E-state index in [1.165, 1.54) is 0 Å². The molecule has 0 aliphatic carbocycles. The van der Waals surface area contributed by atoms with E-state index in [1.54, 1.807) is 24.7 Å². The molecule has 15 heavy (non-hydrogen) atoms.